The summed E-state index contributed by atoms with van der Waals surface area (Å²) in [6.07, 6.45) is 1.48. The summed E-state index contributed by atoms with van der Waals surface area (Å²) < 4.78 is 11.0. The Bertz CT molecular complexity index is 1170. The fourth-order valence-corrected chi connectivity index (χ4v) is 3.89. The van der Waals surface area contributed by atoms with Gasteiger partial charge < -0.3 is 25.1 Å². The maximum Gasteiger partial charge on any atom is 0.229 e. The first-order valence-electron chi connectivity index (χ1n) is 9.42. The normalized spacial score (nSPS) is 19.1. The number of ether oxygens (including phenoxy) is 1. The van der Waals surface area contributed by atoms with E-state index in [0.717, 1.165) is 0 Å². The maximum atomic E-state index is 13.1. The van der Waals surface area contributed by atoms with Crippen LogP contribution in [0.15, 0.2) is 39.7 Å². The van der Waals surface area contributed by atoms with Crippen LogP contribution in [-0.2, 0) is 9.53 Å². The van der Waals surface area contributed by atoms with Crippen LogP contribution in [0, 0.1) is 0 Å². The van der Waals surface area contributed by atoms with E-state index < -0.39 is 5.92 Å². The molecule has 148 valence electrons. The standard InChI is InChI=1S/C20H19N5O4/c21-18-16-12(13-10-29-14-4-2-1-3-11(14)17(13)27)9-15(26)22-19(16)24-20(23-18)25-5-7-28-8-6-25/h1-4,10,12H,5-9H2,(H3,21,22,23,24,26)/t12-/m0/s1. The zero-order valence-corrected chi connectivity index (χ0v) is 15.6. The molecular weight excluding hydrogens is 374 g/mol. The summed E-state index contributed by atoms with van der Waals surface area (Å²) >= 11 is 0. The second-order valence-electron chi connectivity index (χ2n) is 7.09. The van der Waals surface area contributed by atoms with Crippen molar-refractivity contribution in [2.24, 2.45) is 0 Å². The van der Waals surface area contributed by atoms with Crippen LogP contribution in [0.25, 0.3) is 11.0 Å². The molecule has 0 spiro atoms. The quantitative estimate of drug-likeness (QED) is 0.671. The third kappa shape index (κ3) is 2.99. The molecule has 0 aliphatic carbocycles. The first kappa shape index (κ1) is 17.6. The second kappa shape index (κ2) is 6.85. The number of rotatable bonds is 2. The molecule has 1 fully saturated rings. The predicted molar refractivity (Wildman–Crippen MR) is 107 cm³/mol. The van der Waals surface area contributed by atoms with E-state index >= 15 is 0 Å². The zero-order chi connectivity index (χ0) is 20.0. The fourth-order valence-electron chi connectivity index (χ4n) is 3.89. The Morgan fingerprint density at radius 1 is 1.14 bits per heavy atom. The Labute approximate surface area is 165 Å². The number of nitrogens with two attached hydrogens (primary N) is 1. The van der Waals surface area contributed by atoms with Crippen molar-refractivity contribution in [3.8, 4) is 0 Å². The van der Waals surface area contributed by atoms with Gasteiger partial charge in [0.15, 0.2) is 5.43 Å². The highest BCUT2D eigenvalue weighted by molar-refractivity contribution is 5.95. The van der Waals surface area contributed by atoms with Crippen molar-refractivity contribution in [3.63, 3.8) is 0 Å². The van der Waals surface area contributed by atoms with Crippen molar-refractivity contribution in [2.75, 3.05) is 42.3 Å². The van der Waals surface area contributed by atoms with Gasteiger partial charge in [-0.1, -0.05) is 12.1 Å². The number of para-hydroxylation sites is 1. The highest BCUT2D eigenvalue weighted by Gasteiger charge is 2.34. The van der Waals surface area contributed by atoms with E-state index in [4.69, 9.17) is 14.9 Å². The van der Waals surface area contributed by atoms with E-state index in [-0.39, 0.29) is 23.6 Å². The van der Waals surface area contributed by atoms with Crippen molar-refractivity contribution >= 4 is 34.5 Å². The number of carbonyl (C=O) groups excluding carboxylic acids is 1. The monoisotopic (exact) mass is 393 g/mol. The van der Waals surface area contributed by atoms with Crippen LogP contribution >= 0.6 is 0 Å². The SMILES string of the molecule is Nc1nc(N2CCOCC2)nc2c1[C@H](c1coc3ccccc3c1=O)CC(=O)N2. The molecule has 29 heavy (non-hydrogen) atoms. The third-order valence-corrected chi connectivity index (χ3v) is 5.34. The molecule has 4 heterocycles. The molecule has 0 saturated carbocycles. The minimum Gasteiger partial charge on any atom is -0.464 e. The molecular formula is C20H19N5O4. The zero-order valence-electron chi connectivity index (χ0n) is 15.6. The first-order valence-corrected chi connectivity index (χ1v) is 9.42. The molecule has 1 atom stereocenters. The number of hydrogen-bond donors (Lipinski definition) is 2. The van der Waals surface area contributed by atoms with Gasteiger partial charge in [0, 0.05) is 36.6 Å². The van der Waals surface area contributed by atoms with E-state index in [2.05, 4.69) is 15.3 Å². The number of carbonyl (C=O) groups is 1. The Balaban J connectivity index is 1.63. The largest absolute Gasteiger partial charge is 0.464 e. The van der Waals surface area contributed by atoms with Crippen molar-refractivity contribution in [1.82, 2.24) is 9.97 Å². The van der Waals surface area contributed by atoms with Crippen LogP contribution < -0.4 is 21.4 Å². The van der Waals surface area contributed by atoms with Crippen LogP contribution in [0.1, 0.15) is 23.5 Å². The summed E-state index contributed by atoms with van der Waals surface area (Å²) in [5.74, 6) is 0.220. The van der Waals surface area contributed by atoms with E-state index in [1.807, 2.05) is 4.90 Å². The van der Waals surface area contributed by atoms with Gasteiger partial charge in [0.1, 0.15) is 17.2 Å². The lowest BCUT2D eigenvalue weighted by Gasteiger charge is -2.30. The van der Waals surface area contributed by atoms with Gasteiger partial charge in [0.05, 0.1) is 24.9 Å². The number of nitrogen functional groups attached to an aromatic ring is 1. The fraction of sp³-hybridized carbons (Fsp3) is 0.300. The second-order valence-corrected chi connectivity index (χ2v) is 7.09. The molecule has 9 nitrogen and oxygen atoms in total. The van der Waals surface area contributed by atoms with Crippen LogP contribution in [0.3, 0.4) is 0 Å². The van der Waals surface area contributed by atoms with Gasteiger partial charge >= 0.3 is 0 Å². The Morgan fingerprint density at radius 2 is 1.93 bits per heavy atom. The highest BCUT2D eigenvalue weighted by atomic mass is 16.5. The van der Waals surface area contributed by atoms with Crippen LogP contribution in [0.4, 0.5) is 17.6 Å². The van der Waals surface area contributed by atoms with Gasteiger partial charge in [-0.3, -0.25) is 9.59 Å². The molecule has 9 heteroatoms. The van der Waals surface area contributed by atoms with Gasteiger partial charge in [0.25, 0.3) is 0 Å². The summed E-state index contributed by atoms with van der Waals surface area (Å²) in [5.41, 5.74) is 7.52. The van der Waals surface area contributed by atoms with Gasteiger partial charge in [-0.2, -0.15) is 9.97 Å². The molecule has 3 N–H and O–H groups in total. The molecule has 0 radical (unpaired) electrons. The molecule has 0 bridgehead atoms. The average molecular weight is 393 g/mol. The molecule has 1 amide bonds. The van der Waals surface area contributed by atoms with E-state index in [0.29, 0.717) is 60.2 Å². The Kier molecular flexibility index (Phi) is 4.17. The summed E-state index contributed by atoms with van der Waals surface area (Å²) in [5, 5.41) is 3.24. The Morgan fingerprint density at radius 3 is 2.76 bits per heavy atom. The number of amides is 1. The lowest BCUT2D eigenvalue weighted by Crippen LogP contribution is -2.38. The number of hydrogen-bond acceptors (Lipinski definition) is 8. The molecule has 3 aromatic rings. The molecule has 0 unspecified atom stereocenters. The molecule has 1 saturated heterocycles. The molecule has 2 aliphatic heterocycles. The van der Waals surface area contributed by atoms with Gasteiger partial charge in [-0.05, 0) is 12.1 Å². The minimum absolute atomic E-state index is 0.0700. The summed E-state index contributed by atoms with van der Waals surface area (Å²) in [7, 11) is 0. The molecule has 2 aromatic heterocycles. The summed E-state index contributed by atoms with van der Waals surface area (Å²) in [6.45, 7) is 2.44. The lowest BCUT2D eigenvalue weighted by atomic mass is 9.86. The van der Waals surface area contributed by atoms with Crippen molar-refractivity contribution < 1.29 is 13.9 Å². The third-order valence-electron chi connectivity index (χ3n) is 5.34. The van der Waals surface area contributed by atoms with Crippen LogP contribution in [0.2, 0.25) is 0 Å². The first-order chi connectivity index (χ1) is 14.1. The van der Waals surface area contributed by atoms with Crippen LogP contribution in [-0.4, -0.2) is 42.2 Å². The van der Waals surface area contributed by atoms with Gasteiger partial charge in [-0.15, -0.1) is 0 Å². The van der Waals surface area contributed by atoms with E-state index in [1.54, 1.807) is 24.3 Å². The summed E-state index contributed by atoms with van der Waals surface area (Å²) in [6, 6.07) is 7.01. The maximum absolute atomic E-state index is 13.1. The number of aromatic nitrogens is 2. The number of morpholine rings is 1. The van der Waals surface area contributed by atoms with Gasteiger partial charge in [0.2, 0.25) is 11.9 Å². The Hall–Kier alpha value is -3.46. The van der Waals surface area contributed by atoms with Crippen molar-refractivity contribution in [1.29, 1.82) is 0 Å². The number of nitrogens with zero attached hydrogens (tertiary/aromatic N) is 3. The smallest absolute Gasteiger partial charge is 0.229 e. The topological polar surface area (TPSA) is 124 Å². The predicted octanol–water partition coefficient (Wildman–Crippen LogP) is 1.48. The molecule has 1 aromatic carbocycles. The molecule has 2 aliphatic rings. The number of benzene rings is 1. The van der Waals surface area contributed by atoms with E-state index in [9.17, 15) is 9.59 Å². The number of nitrogens with one attached hydrogen (secondary N) is 1. The number of fused-ring (bicyclic) bond motifs is 2. The van der Waals surface area contributed by atoms with Crippen LogP contribution in [0.5, 0.6) is 0 Å². The summed E-state index contributed by atoms with van der Waals surface area (Å²) in [4.78, 5) is 36.4. The minimum atomic E-state index is -0.571. The van der Waals surface area contributed by atoms with Gasteiger partial charge in [-0.25, -0.2) is 0 Å². The number of anilines is 3. The van der Waals surface area contributed by atoms with E-state index in [1.165, 1.54) is 6.26 Å². The lowest BCUT2D eigenvalue weighted by molar-refractivity contribution is -0.116. The van der Waals surface area contributed by atoms with Crippen molar-refractivity contribution in [2.45, 2.75) is 12.3 Å². The molecule has 5 rings (SSSR count). The highest BCUT2D eigenvalue weighted by Crippen LogP contribution is 2.39. The van der Waals surface area contributed by atoms with Crippen molar-refractivity contribution in [3.05, 3.63) is 51.9 Å². The average Bonchev–Trinajstić information content (AvgIpc) is 2.74.